The predicted molar refractivity (Wildman–Crippen MR) is 74.4 cm³/mol. The number of fused-ring (bicyclic) bond motifs is 1. The summed E-state index contributed by atoms with van der Waals surface area (Å²) in [6, 6.07) is 4.02. The third kappa shape index (κ3) is 2.42. The first-order chi connectivity index (χ1) is 9.26. The summed E-state index contributed by atoms with van der Waals surface area (Å²) in [5.41, 5.74) is 2.31. The van der Waals surface area contributed by atoms with Crippen LogP contribution >= 0.6 is 0 Å². The molecule has 3 rings (SSSR count). The van der Waals surface area contributed by atoms with Crippen molar-refractivity contribution >= 4 is 11.5 Å². The molecular formula is C14H20N4O. The molecule has 0 unspecified atom stereocenters. The van der Waals surface area contributed by atoms with E-state index in [1.165, 1.54) is 12.8 Å². The van der Waals surface area contributed by atoms with Crippen LogP contribution in [0.4, 0.5) is 5.82 Å². The molecular weight excluding hydrogens is 240 g/mol. The van der Waals surface area contributed by atoms with Gasteiger partial charge in [0, 0.05) is 36.9 Å². The van der Waals surface area contributed by atoms with Crippen molar-refractivity contribution < 1.29 is 4.74 Å². The summed E-state index contributed by atoms with van der Waals surface area (Å²) in [5.74, 6) is 1.02. The molecule has 0 amide bonds. The Balaban J connectivity index is 1.81. The molecule has 5 heteroatoms. The highest BCUT2D eigenvalue weighted by atomic mass is 16.5. The monoisotopic (exact) mass is 260 g/mol. The number of methoxy groups -OCH3 is 1. The van der Waals surface area contributed by atoms with Crippen molar-refractivity contribution in [3.8, 4) is 0 Å². The van der Waals surface area contributed by atoms with Crippen molar-refractivity contribution in [2.24, 2.45) is 5.41 Å². The van der Waals surface area contributed by atoms with Crippen LogP contribution in [0.2, 0.25) is 0 Å². The highest BCUT2D eigenvalue weighted by Crippen LogP contribution is 2.45. The summed E-state index contributed by atoms with van der Waals surface area (Å²) in [6.45, 7) is 3.88. The highest BCUT2D eigenvalue weighted by molar-refractivity contribution is 5.49. The van der Waals surface area contributed by atoms with Crippen molar-refractivity contribution in [1.29, 1.82) is 0 Å². The van der Waals surface area contributed by atoms with E-state index in [1.807, 2.05) is 10.6 Å². The summed E-state index contributed by atoms with van der Waals surface area (Å²) in [6.07, 6.45) is 5.19. The molecule has 1 N–H and O–H groups in total. The lowest BCUT2D eigenvalue weighted by Crippen LogP contribution is -2.21. The Hall–Kier alpha value is -1.62. The first-order valence-corrected chi connectivity index (χ1v) is 6.83. The van der Waals surface area contributed by atoms with Gasteiger partial charge in [-0.25, -0.2) is 4.98 Å². The third-order valence-corrected chi connectivity index (χ3v) is 3.83. The van der Waals surface area contributed by atoms with Crippen molar-refractivity contribution in [3.63, 3.8) is 0 Å². The molecule has 1 aliphatic carbocycles. The minimum atomic E-state index is 0.323. The Bertz CT molecular complexity index is 574. The largest absolute Gasteiger partial charge is 0.384 e. The van der Waals surface area contributed by atoms with Gasteiger partial charge in [-0.05, 0) is 19.3 Å². The van der Waals surface area contributed by atoms with E-state index in [0.717, 1.165) is 36.7 Å². The number of nitrogens with one attached hydrogen (secondary N) is 1. The topological polar surface area (TPSA) is 51.5 Å². The van der Waals surface area contributed by atoms with Crippen LogP contribution in [0.25, 0.3) is 5.65 Å². The van der Waals surface area contributed by atoms with Crippen molar-refractivity contribution in [3.05, 3.63) is 24.0 Å². The van der Waals surface area contributed by atoms with Crippen molar-refractivity contribution in [1.82, 2.24) is 14.6 Å². The Morgan fingerprint density at radius 3 is 3.00 bits per heavy atom. The van der Waals surface area contributed by atoms with Gasteiger partial charge in [0.1, 0.15) is 5.82 Å². The molecule has 0 saturated heterocycles. The van der Waals surface area contributed by atoms with E-state index in [-0.39, 0.29) is 0 Å². The normalized spacial score (nSPS) is 16.7. The van der Waals surface area contributed by atoms with Gasteiger partial charge < -0.3 is 10.1 Å². The highest BCUT2D eigenvalue weighted by Gasteiger charge is 2.42. The van der Waals surface area contributed by atoms with Gasteiger partial charge >= 0.3 is 0 Å². The summed E-state index contributed by atoms with van der Waals surface area (Å²) < 4.78 is 7.16. The van der Waals surface area contributed by atoms with E-state index in [2.05, 4.69) is 28.4 Å². The van der Waals surface area contributed by atoms with Crippen molar-refractivity contribution in [2.45, 2.75) is 26.2 Å². The van der Waals surface area contributed by atoms with Gasteiger partial charge in [-0.1, -0.05) is 6.92 Å². The molecule has 0 bridgehead atoms. The Labute approximate surface area is 113 Å². The molecule has 0 spiro atoms. The maximum absolute atomic E-state index is 5.30. The Morgan fingerprint density at radius 2 is 2.32 bits per heavy atom. The quantitative estimate of drug-likeness (QED) is 0.864. The lowest BCUT2D eigenvalue weighted by atomic mass is 10.1. The van der Waals surface area contributed by atoms with Crippen LogP contribution in [0.3, 0.4) is 0 Å². The number of rotatable bonds is 6. The van der Waals surface area contributed by atoms with Gasteiger partial charge in [-0.15, -0.1) is 0 Å². The van der Waals surface area contributed by atoms with E-state index >= 15 is 0 Å². The number of ether oxygens (including phenoxy) is 1. The molecule has 2 aromatic rings. The van der Waals surface area contributed by atoms with E-state index in [4.69, 9.17) is 4.74 Å². The second kappa shape index (κ2) is 4.81. The van der Waals surface area contributed by atoms with Crippen LogP contribution < -0.4 is 5.32 Å². The smallest absolute Gasteiger partial charge is 0.157 e. The van der Waals surface area contributed by atoms with E-state index in [9.17, 15) is 0 Å². The van der Waals surface area contributed by atoms with Gasteiger partial charge in [-0.2, -0.15) is 9.61 Å². The summed E-state index contributed by atoms with van der Waals surface area (Å²) in [5, 5.41) is 7.84. The first-order valence-electron chi connectivity index (χ1n) is 6.83. The molecule has 19 heavy (non-hydrogen) atoms. The van der Waals surface area contributed by atoms with Crippen LogP contribution in [0.5, 0.6) is 0 Å². The van der Waals surface area contributed by atoms with Gasteiger partial charge in [0.25, 0.3) is 0 Å². The Kier molecular flexibility index (Phi) is 3.14. The van der Waals surface area contributed by atoms with Crippen LogP contribution in [0.15, 0.2) is 18.3 Å². The molecule has 102 valence electrons. The lowest BCUT2D eigenvalue weighted by molar-refractivity contribution is 0.147. The molecule has 1 saturated carbocycles. The lowest BCUT2D eigenvalue weighted by Gasteiger charge is -2.16. The maximum atomic E-state index is 5.30. The summed E-state index contributed by atoms with van der Waals surface area (Å²) >= 11 is 0. The second-order valence-electron chi connectivity index (χ2n) is 5.37. The fraction of sp³-hybridized carbons (Fsp3) is 0.571. The molecule has 2 aromatic heterocycles. The van der Waals surface area contributed by atoms with Crippen molar-refractivity contribution in [2.75, 3.05) is 25.6 Å². The number of hydrogen-bond donors (Lipinski definition) is 1. The molecule has 2 heterocycles. The predicted octanol–water partition coefficient (Wildman–Crippen LogP) is 2.13. The zero-order valence-corrected chi connectivity index (χ0v) is 11.5. The van der Waals surface area contributed by atoms with E-state index in [0.29, 0.717) is 5.41 Å². The summed E-state index contributed by atoms with van der Waals surface area (Å²) in [4.78, 5) is 4.55. The van der Waals surface area contributed by atoms with E-state index < -0.39 is 0 Å². The fourth-order valence-corrected chi connectivity index (χ4v) is 2.41. The number of anilines is 1. The number of hydrogen-bond acceptors (Lipinski definition) is 4. The zero-order chi connectivity index (χ0) is 13.3. The second-order valence-corrected chi connectivity index (χ2v) is 5.37. The fourth-order valence-electron chi connectivity index (χ4n) is 2.41. The van der Waals surface area contributed by atoms with Crippen LogP contribution in [-0.4, -0.2) is 34.9 Å². The molecule has 5 nitrogen and oxygen atoms in total. The van der Waals surface area contributed by atoms with E-state index in [1.54, 1.807) is 13.3 Å². The zero-order valence-electron chi connectivity index (χ0n) is 11.5. The third-order valence-electron chi connectivity index (χ3n) is 3.83. The molecule has 1 fully saturated rings. The molecule has 0 aliphatic heterocycles. The molecule has 0 aromatic carbocycles. The van der Waals surface area contributed by atoms with Gasteiger partial charge in [0.2, 0.25) is 0 Å². The average Bonchev–Trinajstić information content (AvgIpc) is 3.02. The first kappa shape index (κ1) is 12.4. The molecule has 0 radical (unpaired) electrons. The van der Waals surface area contributed by atoms with Crippen LogP contribution in [-0.2, 0) is 11.2 Å². The molecule has 1 aliphatic rings. The summed E-state index contributed by atoms with van der Waals surface area (Å²) in [7, 11) is 1.77. The van der Waals surface area contributed by atoms with Gasteiger partial charge in [-0.3, -0.25) is 0 Å². The minimum absolute atomic E-state index is 0.323. The van der Waals surface area contributed by atoms with Crippen LogP contribution in [0.1, 0.15) is 25.5 Å². The minimum Gasteiger partial charge on any atom is -0.384 e. The van der Waals surface area contributed by atoms with Crippen LogP contribution in [0, 0.1) is 5.41 Å². The number of aromatic nitrogens is 3. The average molecular weight is 260 g/mol. The van der Waals surface area contributed by atoms with Gasteiger partial charge in [0.05, 0.1) is 12.8 Å². The Morgan fingerprint density at radius 1 is 1.47 bits per heavy atom. The number of nitrogens with zero attached hydrogens (tertiary/aromatic N) is 3. The SMILES string of the molecule is CCc1cc(NCC2(COC)CC2)n2nccc2n1. The van der Waals surface area contributed by atoms with Gasteiger partial charge in [0.15, 0.2) is 5.65 Å². The number of aryl methyl sites for hydroxylation is 1. The molecule has 0 atom stereocenters. The standard InChI is InChI=1S/C14H20N4O/c1-3-11-8-13(18-12(17-11)4-7-16-18)15-9-14(5-6-14)10-19-2/h4,7-8,15H,3,5-6,9-10H2,1-2H3. The maximum Gasteiger partial charge on any atom is 0.157 e.